The summed E-state index contributed by atoms with van der Waals surface area (Å²) in [7, 11) is 0. The highest BCUT2D eigenvalue weighted by Crippen LogP contribution is 2.39. The maximum Gasteiger partial charge on any atom is 0.361 e. The third-order valence-electron chi connectivity index (χ3n) is 3.95. The van der Waals surface area contributed by atoms with Crippen LogP contribution in [0.15, 0.2) is 71.0 Å². The molecule has 0 unspecified atom stereocenters. The lowest BCUT2D eigenvalue weighted by atomic mass is 10.1. The van der Waals surface area contributed by atoms with E-state index in [4.69, 9.17) is 4.84 Å². The molecule has 2 aromatic heterocycles. The van der Waals surface area contributed by atoms with Crippen molar-refractivity contribution >= 4 is 39.8 Å². The van der Waals surface area contributed by atoms with Crippen LogP contribution >= 0.6 is 23.1 Å². The molecular weight excluding hydrogens is 423 g/mol. The number of aromatic nitrogens is 2. The summed E-state index contributed by atoms with van der Waals surface area (Å²) in [5.74, 6) is -0.508. The largest absolute Gasteiger partial charge is 0.389 e. The molecule has 6 nitrogen and oxygen atoms in total. The molecule has 30 heavy (non-hydrogen) atoms. The number of aromatic amines is 1. The van der Waals surface area contributed by atoms with Crippen molar-refractivity contribution in [2.45, 2.75) is 31.6 Å². The molecule has 0 bridgehead atoms. The zero-order valence-corrected chi connectivity index (χ0v) is 18.1. The van der Waals surface area contributed by atoms with Gasteiger partial charge in [-0.05, 0) is 54.9 Å². The van der Waals surface area contributed by atoms with Gasteiger partial charge in [-0.3, -0.25) is 4.98 Å². The van der Waals surface area contributed by atoms with Gasteiger partial charge in [0, 0.05) is 16.4 Å². The molecule has 0 aliphatic heterocycles. The third kappa shape index (κ3) is 6.93. The number of pyridine rings is 1. The van der Waals surface area contributed by atoms with Gasteiger partial charge in [0.15, 0.2) is 12.3 Å². The van der Waals surface area contributed by atoms with Crippen molar-refractivity contribution in [2.24, 2.45) is 5.16 Å². The quantitative estimate of drug-likeness (QED) is 0.331. The summed E-state index contributed by atoms with van der Waals surface area (Å²) < 4.78 is 13.2. The van der Waals surface area contributed by atoms with Gasteiger partial charge in [0.1, 0.15) is 6.20 Å². The molecule has 1 aliphatic rings. The van der Waals surface area contributed by atoms with Gasteiger partial charge in [0.25, 0.3) is 0 Å². The lowest BCUT2D eigenvalue weighted by Gasteiger charge is -2.04. The van der Waals surface area contributed by atoms with Crippen LogP contribution in [0.3, 0.4) is 0 Å². The number of H-pyrrole nitrogens is 1. The van der Waals surface area contributed by atoms with Crippen LogP contribution in [0.5, 0.6) is 0 Å². The van der Waals surface area contributed by atoms with Crippen molar-refractivity contribution in [1.29, 1.82) is 0 Å². The lowest BCUT2D eigenvalue weighted by Crippen LogP contribution is -2.26. The fourth-order valence-electron chi connectivity index (χ4n) is 2.26. The molecule has 1 aliphatic carbocycles. The molecule has 9 heteroatoms. The Bertz CT molecular complexity index is 982. The minimum Gasteiger partial charge on any atom is -0.389 e. The van der Waals surface area contributed by atoms with E-state index in [9.17, 15) is 9.18 Å². The molecule has 1 saturated carbocycles. The number of hydrogen-bond donors (Lipinski definition) is 1. The Morgan fingerprint density at radius 2 is 2.33 bits per heavy atom. The molecule has 1 fully saturated rings. The van der Waals surface area contributed by atoms with E-state index in [0.29, 0.717) is 16.5 Å². The number of thiazole rings is 1. The normalized spacial score (nSPS) is 15.1. The van der Waals surface area contributed by atoms with Gasteiger partial charge >= 0.3 is 11.0 Å². The maximum absolute atomic E-state index is 13.2. The molecule has 1 amide bonds. The molecule has 2 heterocycles. The molecule has 0 atom stereocenters. The lowest BCUT2D eigenvalue weighted by molar-refractivity contribution is -0.356. The van der Waals surface area contributed by atoms with E-state index in [-0.39, 0.29) is 17.5 Å². The number of hydrogen-bond acceptors (Lipinski definition) is 6. The number of oxime groups is 1. The topological polar surface area (TPSA) is 77.7 Å². The summed E-state index contributed by atoms with van der Waals surface area (Å²) >= 11 is 2.56. The Balaban J connectivity index is 1.76. The number of rotatable bonds is 10. The zero-order valence-electron chi connectivity index (χ0n) is 16.4. The Labute approximate surface area is 182 Å². The van der Waals surface area contributed by atoms with E-state index in [1.54, 1.807) is 49.2 Å². The fourth-order valence-corrected chi connectivity index (χ4v) is 3.84. The van der Waals surface area contributed by atoms with Crippen LogP contribution in [-0.4, -0.2) is 21.9 Å². The molecule has 2 aromatic rings. The molecule has 0 radical (unpaired) electrons. The summed E-state index contributed by atoms with van der Waals surface area (Å²) in [5, 5.41) is 7.12. The number of allylic oxidation sites excluding steroid dienone is 3. The molecule has 2 N–H and O–H groups in total. The molecule has 0 spiro atoms. The number of amides is 1. The van der Waals surface area contributed by atoms with Gasteiger partial charge in [-0.15, -0.1) is 11.8 Å². The van der Waals surface area contributed by atoms with Crippen LogP contribution in [0.2, 0.25) is 0 Å². The summed E-state index contributed by atoms with van der Waals surface area (Å²) in [4.78, 5) is 26.0. The minimum absolute atomic E-state index is 0.0872. The van der Waals surface area contributed by atoms with E-state index < -0.39 is 11.0 Å². The second kappa shape index (κ2) is 10.8. The Kier molecular flexibility index (Phi) is 7.92. The van der Waals surface area contributed by atoms with E-state index in [1.807, 2.05) is 12.1 Å². The smallest absolute Gasteiger partial charge is 0.361 e. The number of anilines is 1. The first-order valence-electron chi connectivity index (χ1n) is 9.31. The van der Waals surface area contributed by atoms with Gasteiger partial charge < -0.3 is 4.84 Å². The molecule has 3 rings (SSSR count). The standard InChI is InChI=1S/C21H21FN4O2S2/c1-3-16(29-17-9-10-17)8-7-14(2)19(20(27)25-21-24-12-18(22)30-21)26-28-13-15-6-4-5-11-23-15/h3-8,11-12,17H,1,9-10,13H2,2H3,(H,24,25,27)/p+1/b14-7+,16-8+,26-19+. The van der Waals surface area contributed by atoms with Crippen LogP contribution in [0, 0.1) is 5.13 Å². The zero-order chi connectivity index (χ0) is 21.3. The van der Waals surface area contributed by atoms with Crippen molar-refractivity contribution in [1.82, 2.24) is 4.98 Å². The van der Waals surface area contributed by atoms with Crippen LogP contribution < -0.4 is 10.3 Å². The van der Waals surface area contributed by atoms with E-state index in [2.05, 4.69) is 27.0 Å². The second-order valence-corrected chi connectivity index (χ2v) is 8.83. The van der Waals surface area contributed by atoms with Crippen molar-refractivity contribution in [3.05, 3.63) is 76.7 Å². The number of carbonyl (C=O) groups excluding carboxylic acids is 1. The number of carbonyl (C=O) groups is 1. The Morgan fingerprint density at radius 3 is 2.97 bits per heavy atom. The average Bonchev–Trinajstić information content (AvgIpc) is 3.48. The predicted molar refractivity (Wildman–Crippen MR) is 119 cm³/mol. The molecule has 0 aromatic carbocycles. The van der Waals surface area contributed by atoms with E-state index in [1.165, 1.54) is 19.0 Å². The van der Waals surface area contributed by atoms with E-state index in [0.717, 1.165) is 16.2 Å². The SMILES string of the molecule is C=C\C(=C/C=C(C)/C(=N\OCc1ccccn1)C(=O)Nc1[nH+]cc(F)s1)SC1CC1. The van der Waals surface area contributed by atoms with Crippen LogP contribution in [0.4, 0.5) is 9.52 Å². The van der Waals surface area contributed by atoms with Crippen molar-refractivity contribution in [2.75, 3.05) is 5.32 Å². The van der Waals surface area contributed by atoms with Crippen LogP contribution in [-0.2, 0) is 16.2 Å². The first-order valence-corrected chi connectivity index (χ1v) is 11.0. The number of halogens is 1. The van der Waals surface area contributed by atoms with Crippen molar-refractivity contribution in [3.8, 4) is 0 Å². The van der Waals surface area contributed by atoms with Gasteiger partial charge in [0.2, 0.25) is 5.13 Å². The fraction of sp³-hybridized carbons (Fsp3) is 0.238. The Morgan fingerprint density at radius 1 is 1.50 bits per heavy atom. The van der Waals surface area contributed by atoms with Gasteiger partial charge in [-0.1, -0.05) is 30.0 Å². The number of nitrogens with zero attached hydrogens (tertiary/aromatic N) is 2. The highest BCUT2D eigenvalue weighted by molar-refractivity contribution is 8.04. The van der Waals surface area contributed by atoms with Gasteiger partial charge in [-0.2, -0.15) is 9.71 Å². The van der Waals surface area contributed by atoms with Crippen molar-refractivity contribution < 1.29 is 19.0 Å². The molecular formula is C21H22FN4O2S2+. The summed E-state index contributed by atoms with van der Waals surface area (Å²) in [5.41, 5.74) is 1.37. The van der Waals surface area contributed by atoms with Crippen LogP contribution in [0.25, 0.3) is 0 Å². The van der Waals surface area contributed by atoms with Crippen molar-refractivity contribution in [3.63, 3.8) is 0 Å². The summed E-state index contributed by atoms with van der Waals surface area (Å²) in [6.07, 6.45) is 10.8. The minimum atomic E-state index is -0.508. The van der Waals surface area contributed by atoms with Gasteiger partial charge in [0.05, 0.1) is 5.69 Å². The van der Waals surface area contributed by atoms with Crippen LogP contribution in [0.1, 0.15) is 25.5 Å². The first-order chi connectivity index (χ1) is 14.5. The summed E-state index contributed by atoms with van der Waals surface area (Å²) in [6.45, 7) is 5.73. The third-order valence-corrected chi connectivity index (χ3v) is 6.07. The number of thioether (sulfide) groups is 1. The molecule has 156 valence electrons. The highest BCUT2D eigenvalue weighted by Gasteiger charge is 2.23. The number of nitrogens with one attached hydrogen (secondary N) is 2. The maximum atomic E-state index is 13.2. The first kappa shape index (κ1) is 21.9. The highest BCUT2D eigenvalue weighted by atomic mass is 32.2. The summed E-state index contributed by atoms with van der Waals surface area (Å²) in [6, 6.07) is 5.45. The monoisotopic (exact) mass is 445 g/mol. The predicted octanol–water partition coefficient (Wildman–Crippen LogP) is 4.52. The Hall–Kier alpha value is -2.78. The molecule has 0 saturated heterocycles. The second-order valence-electron chi connectivity index (χ2n) is 6.45. The average molecular weight is 446 g/mol. The van der Waals surface area contributed by atoms with E-state index >= 15 is 0 Å². The van der Waals surface area contributed by atoms with Gasteiger partial charge in [-0.25, -0.2) is 9.78 Å².